The van der Waals surface area contributed by atoms with E-state index >= 15 is 0 Å². The van der Waals surface area contributed by atoms with Gasteiger partial charge in [-0.2, -0.15) is 11.8 Å². The Hall–Kier alpha value is -0.710. The van der Waals surface area contributed by atoms with Crippen LogP contribution in [0.5, 0.6) is 0 Å². The maximum atomic E-state index is 10.3. The molecule has 4 nitrogen and oxygen atoms in total. The lowest BCUT2D eigenvalue weighted by Gasteiger charge is -2.06. The predicted octanol–water partition coefficient (Wildman–Crippen LogP) is 0.435. The molecular weight excluding hydrogens is 154 g/mol. The Morgan fingerprint density at radius 2 is 2.60 bits per heavy atom. The maximum Gasteiger partial charge on any atom is 0.348 e. The molecule has 0 aliphatic rings. The van der Waals surface area contributed by atoms with Gasteiger partial charge in [0.05, 0.1) is 0 Å². The van der Waals surface area contributed by atoms with Gasteiger partial charge in [-0.25, -0.2) is 4.79 Å². The topological polar surface area (TPSA) is 58.9 Å². The van der Waals surface area contributed by atoms with Crippen molar-refractivity contribution >= 4 is 24.4 Å². The van der Waals surface area contributed by atoms with Crippen molar-refractivity contribution < 1.29 is 14.7 Å². The van der Waals surface area contributed by atoms with Gasteiger partial charge in [-0.3, -0.25) is 0 Å². The SMILES string of the molecule is C=NOC(CSC)C(=O)O. The van der Waals surface area contributed by atoms with Crippen LogP contribution in [0.15, 0.2) is 5.16 Å². The molecule has 0 aliphatic heterocycles. The van der Waals surface area contributed by atoms with Gasteiger partial charge in [-0.05, 0) is 6.26 Å². The van der Waals surface area contributed by atoms with Crippen LogP contribution in [-0.4, -0.2) is 35.9 Å². The van der Waals surface area contributed by atoms with Crippen LogP contribution in [0.3, 0.4) is 0 Å². The highest BCUT2D eigenvalue weighted by atomic mass is 32.2. The summed E-state index contributed by atoms with van der Waals surface area (Å²) in [6.45, 7) is 3.02. The Kier molecular flexibility index (Phi) is 4.74. The highest BCUT2D eigenvalue weighted by Gasteiger charge is 2.17. The first-order chi connectivity index (χ1) is 4.72. The molecule has 0 aliphatic carbocycles. The van der Waals surface area contributed by atoms with Crippen molar-refractivity contribution in [3.63, 3.8) is 0 Å². The predicted molar refractivity (Wildman–Crippen MR) is 40.4 cm³/mol. The minimum absolute atomic E-state index is 0.383. The number of aliphatic carboxylic acids is 1. The molecule has 0 saturated carbocycles. The first-order valence-electron chi connectivity index (χ1n) is 2.56. The number of thioether (sulfide) groups is 1. The fourth-order valence-electron chi connectivity index (χ4n) is 0.388. The van der Waals surface area contributed by atoms with Crippen molar-refractivity contribution in [2.24, 2.45) is 5.16 Å². The number of carboxylic acids is 1. The first-order valence-corrected chi connectivity index (χ1v) is 3.95. The second kappa shape index (κ2) is 5.10. The monoisotopic (exact) mass is 163 g/mol. The molecule has 0 amide bonds. The molecule has 0 spiro atoms. The summed E-state index contributed by atoms with van der Waals surface area (Å²) < 4.78 is 0. The maximum absolute atomic E-state index is 10.3. The van der Waals surface area contributed by atoms with Crippen LogP contribution < -0.4 is 0 Å². The zero-order chi connectivity index (χ0) is 7.98. The molecule has 0 aromatic rings. The van der Waals surface area contributed by atoms with Gasteiger partial charge in [0.1, 0.15) is 0 Å². The quantitative estimate of drug-likeness (QED) is 0.472. The fraction of sp³-hybridized carbons (Fsp3) is 0.600. The number of hydrogen-bond acceptors (Lipinski definition) is 4. The summed E-state index contributed by atoms with van der Waals surface area (Å²) in [5.41, 5.74) is 0. The Morgan fingerprint density at radius 1 is 2.00 bits per heavy atom. The van der Waals surface area contributed by atoms with Crippen LogP contribution in [-0.2, 0) is 9.63 Å². The van der Waals surface area contributed by atoms with E-state index in [2.05, 4.69) is 16.7 Å². The largest absolute Gasteiger partial charge is 0.478 e. The van der Waals surface area contributed by atoms with Gasteiger partial charge >= 0.3 is 5.97 Å². The third-order valence-electron chi connectivity index (χ3n) is 0.795. The summed E-state index contributed by atoms with van der Waals surface area (Å²) >= 11 is 1.38. The standard InChI is InChI=1S/C5H9NO3S/c1-6-9-4(3-10-2)5(7)8/h4H,1,3H2,2H3,(H,7,8). The number of nitrogens with zero attached hydrogens (tertiary/aromatic N) is 1. The normalized spacial score (nSPS) is 12.1. The Balaban J connectivity index is 3.71. The highest BCUT2D eigenvalue weighted by Crippen LogP contribution is 2.01. The lowest BCUT2D eigenvalue weighted by molar-refractivity contribution is -0.148. The summed E-state index contributed by atoms with van der Waals surface area (Å²) in [6.07, 6.45) is 0.926. The van der Waals surface area contributed by atoms with Crippen LogP contribution in [0.2, 0.25) is 0 Å². The van der Waals surface area contributed by atoms with E-state index in [4.69, 9.17) is 5.11 Å². The molecule has 10 heavy (non-hydrogen) atoms. The average Bonchev–Trinajstić information content (AvgIpc) is 1.87. The summed E-state index contributed by atoms with van der Waals surface area (Å²) in [5.74, 6) is -0.629. The van der Waals surface area contributed by atoms with Crippen LogP contribution in [0.1, 0.15) is 0 Å². The zero-order valence-electron chi connectivity index (χ0n) is 5.61. The molecule has 0 fully saturated rings. The molecular formula is C5H9NO3S. The molecule has 1 unspecified atom stereocenters. The first kappa shape index (κ1) is 9.29. The van der Waals surface area contributed by atoms with Crippen molar-refractivity contribution in [2.75, 3.05) is 12.0 Å². The summed E-state index contributed by atoms with van der Waals surface area (Å²) in [4.78, 5) is 14.7. The lowest BCUT2D eigenvalue weighted by atomic mass is 10.4. The summed E-state index contributed by atoms with van der Waals surface area (Å²) in [6, 6.07) is 0. The lowest BCUT2D eigenvalue weighted by Crippen LogP contribution is -2.24. The van der Waals surface area contributed by atoms with Gasteiger partial charge in [0.15, 0.2) is 0 Å². The molecule has 0 aromatic carbocycles. The summed E-state index contributed by atoms with van der Waals surface area (Å²) in [7, 11) is 0. The number of hydrogen-bond donors (Lipinski definition) is 1. The van der Waals surface area contributed by atoms with Crippen LogP contribution in [0, 0.1) is 0 Å². The second-order valence-electron chi connectivity index (χ2n) is 1.52. The smallest absolute Gasteiger partial charge is 0.348 e. The molecule has 0 aromatic heterocycles. The summed E-state index contributed by atoms with van der Waals surface area (Å²) in [5, 5.41) is 11.4. The molecule has 1 atom stereocenters. The second-order valence-corrected chi connectivity index (χ2v) is 2.43. The van der Waals surface area contributed by atoms with Gasteiger partial charge < -0.3 is 9.94 Å². The molecule has 0 rings (SSSR count). The van der Waals surface area contributed by atoms with Crippen LogP contribution >= 0.6 is 11.8 Å². The number of carboxylic acid groups (broad SMARTS) is 1. The fourth-order valence-corrected chi connectivity index (χ4v) is 0.894. The van der Waals surface area contributed by atoms with Gasteiger partial charge in [-0.1, -0.05) is 0 Å². The molecule has 0 radical (unpaired) electrons. The van der Waals surface area contributed by atoms with E-state index in [-0.39, 0.29) is 0 Å². The molecule has 58 valence electrons. The Morgan fingerprint density at radius 3 is 2.90 bits per heavy atom. The number of rotatable bonds is 5. The molecule has 1 N–H and O–H groups in total. The van der Waals surface area contributed by atoms with E-state index in [9.17, 15) is 4.79 Å². The third-order valence-corrected chi connectivity index (χ3v) is 1.43. The van der Waals surface area contributed by atoms with Gasteiger partial charge in [0, 0.05) is 12.5 Å². The Labute approximate surface area is 63.2 Å². The average molecular weight is 163 g/mol. The van der Waals surface area contributed by atoms with E-state index < -0.39 is 12.1 Å². The molecule has 0 heterocycles. The van der Waals surface area contributed by atoms with Crippen molar-refractivity contribution in [3.05, 3.63) is 0 Å². The van der Waals surface area contributed by atoms with Crippen molar-refractivity contribution in [3.8, 4) is 0 Å². The Bertz CT molecular complexity index is 128. The minimum atomic E-state index is -1.01. The van der Waals surface area contributed by atoms with Crippen LogP contribution in [0.25, 0.3) is 0 Å². The molecule has 0 saturated heterocycles. The molecule has 0 bridgehead atoms. The number of carbonyl (C=O) groups is 1. The van der Waals surface area contributed by atoms with Crippen molar-refractivity contribution in [2.45, 2.75) is 6.10 Å². The third kappa shape index (κ3) is 3.34. The van der Waals surface area contributed by atoms with Crippen molar-refractivity contribution in [1.29, 1.82) is 0 Å². The number of oxime groups is 1. The zero-order valence-corrected chi connectivity index (χ0v) is 6.43. The van der Waals surface area contributed by atoms with E-state index in [0.717, 1.165) is 0 Å². The van der Waals surface area contributed by atoms with Gasteiger partial charge in [0.2, 0.25) is 6.10 Å². The minimum Gasteiger partial charge on any atom is -0.478 e. The highest BCUT2D eigenvalue weighted by molar-refractivity contribution is 7.98. The molecule has 5 heteroatoms. The van der Waals surface area contributed by atoms with E-state index in [1.54, 1.807) is 6.26 Å². The van der Waals surface area contributed by atoms with E-state index in [1.807, 2.05) is 0 Å². The van der Waals surface area contributed by atoms with Crippen molar-refractivity contribution in [1.82, 2.24) is 0 Å². The van der Waals surface area contributed by atoms with E-state index in [0.29, 0.717) is 5.75 Å². The van der Waals surface area contributed by atoms with E-state index in [1.165, 1.54) is 11.8 Å². The van der Waals surface area contributed by atoms with Crippen LogP contribution in [0.4, 0.5) is 0 Å². The van der Waals surface area contributed by atoms with Gasteiger partial charge in [0.25, 0.3) is 0 Å². The van der Waals surface area contributed by atoms with Gasteiger partial charge in [-0.15, -0.1) is 5.16 Å².